The predicted molar refractivity (Wildman–Crippen MR) is 101 cm³/mol. The highest BCUT2D eigenvalue weighted by Crippen LogP contribution is 2.32. The quantitative estimate of drug-likeness (QED) is 0.565. The molecule has 0 saturated carbocycles. The van der Waals surface area contributed by atoms with Crippen molar-refractivity contribution >= 4 is 28.8 Å². The number of carbonyl (C=O) groups is 2. The fourth-order valence-corrected chi connectivity index (χ4v) is 3.37. The molecule has 0 radical (unpaired) electrons. The zero-order valence-corrected chi connectivity index (χ0v) is 15.3. The molecular formula is C19H18N2O5S. The number of ether oxygens (including phenoxy) is 1. The average Bonchev–Trinajstić information content (AvgIpc) is 3.40. The summed E-state index contributed by atoms with van der Waals surface area (Å²) in [4.78, 5) is 25.0. The second-order valence-corrected chi connectivity index (χ2v) is 6.60. The van der Waals surface area contributed by atoms with E-state index in [1.807, 2.05) is 0 Å². The van der Waals surface area contributed by atoms with Crippen LogP contribution in [-0.4, -0.2) is 30.6 Å². The summed E-state index contributed by atoms with van der Waals surface area (Å²) in [5.74, 6) is -1.05. The van der Waals surface area contributed by atoms with Gasteiger partial charge in [0, 0.05) is 4.88 Å². The van der Waals surface area contributed by atoms with Crippen molar-refractivity contribution in [2.24, 2.45) is 0 Å². The van der Waals surface area contributed by atoms with E-state index in [4.69, 9.17) is 9.15 Å². The van der Waals surface area contributed by atoms with Gasteiger partial charge in [0.25, 0.3) is 0 Å². The Kier molecular flexibility index (Phi) is 5.58. The molecule has 3 rings (SSSR count). The molecule has 2 amide bonds. The highest BCUT2D eigenvalue weighted by Gasteiger charge is 2.36. The number of rotatable bonds is 6. The Balaban J connectivity index is 1.70. The lowest BCUT2D eigenvalue weighted by atomic mass is 9.98. The minimum Gasteiger partial charge on any atom is -0.495 e. The molecule has 0 saturated heterocycles. The molecule has 0 fully saturated rings. The number of amides is 2. The van der Waals surface area contributed by atoms with Crippen LogP contribution in [0.4, 0.5) is 5.69 Å². The molecule has 0 aliphatic carbocycles. The summed E-state index contributed by atoms with van der Waals surface area (Å²) >= 11 is 1.32. The summed E-state index contributed by atoms with van der Waals surface area (Å²) in [6, 6.07) is 13.5. The van der Waals surface area contributed by atoms with Crippen LogP contribution in [0, 0.1) is 0 Å². The van der Waals surface area contributed by atoms with E-state index in [0.717, 1.165) is 0 Å². The van der Waals surface area contributed by atoms with E-state index in [9.17, 15) is 14.7 Å². The van der Waals surface area contributed by atoms with E-state index in [1.54, 1.807) is 53.9 Å². The summed E-state index contributed by atoms with van der Waals surface area (Å²) < 4.78 is 10.5. The van der Waals surface area contributed by atoms with Gasteiger partial charge in [-0.2, -0.15) is 0 Å². The van der Waals surface area contributed by atoms with Gasteiger partial charge in [-0.15, -0.1) is 11.3 Å². The van der Waals surface area contributed by atoms with Gasteiger partial charge >= 0.3 is 11.8 Å². The lowest BCUT2D eigenvalue weighted by Gasteiger charge is -2.25. The van der Waals surface area contributed by atoms with Crippen LogP contribution in [0.5, 0.6) is 5.75 Å². The summed E-state index contributed by atoms with van der Waals surface area (Å²) in [5, 5.41) is 17.8. The van der Waals surface area contributed by atoms with Crippen LogP contribution in [0.3, 0.4) is 0 Å². The summed E-state index contributed by atoms with van der Waals surface area (Å²) in [6.07, 6.45) is 1.43. The largest absolute Gasteiger partial charge is 0.495 e. The Labute approximate surface area is 159 Å². The van der Waals surface area contributed by atoms with Gasteiger partial charge < -0.3 is 24.9 Å². The van der Waals surface area contributed by atoms with Crippen molar-refractivity contribution in [1.29, 1.82) is 0 Å². The molecule has 0 unspecified atom stereocenters. The molecule has 3 aromatic rings. The summed E-state index contributed by atoms with van der Waals surface area (Å²) in [7, 11) is 1.47. The van der Waals surface area contributed by atoms with Crippen molar-refractivity contribution in [1.82, 2.24) is 5.32 Å². The normalized spacial score (nSPS) is 12.8. The monoisotopic (exact) mass is 386 g/mol. The standard InChI is InChI=1S/C19H18N2O5S/c1-25-14-7-3-2-6-13(14)21-18(23)17(22)20-12-19(24,15-8-4-10-26-15)16-9-5-11-27-16/h2-11,24H,12H2,1H3,(H,20,22)(H,21,23)/t19-/m1/s1. The van der Waals surface area contributed by atoms with Gasteiger partial charge in [0.05, 0.1) is 25.6 Å². The molecule has 0 bridgehead atoms. The average molecular weight is 386 g/mol. The number of hydrogen-bond acceptors (Lipinski definition) is 6. The molecule has 7 nitrogen and oxygen atoms in total. The fourth-order valence-electron chi connectivity index (χ4n) is 2.54. The van der Waals surface area contributed by atoms with Gasteiger partial charge in [0.2, 0.25) is 0 Å². The minimum absolute atomic E-state index is 0.223. The zero-order chi connectivity index (χ0) is 19.3. The second kappa shape index (κ2) is 8.07. The Morgan fingerprint density at radius 1 is 1.15 bits per heavy atom. The van der Waals surface area contributed by atoms with E-state index in [2.05, 4.69) is 10.6 Å². The first kappa shape index (κ1) is 18.7. The zero-order valence-electron chi connectivity index (χ0n) is 14.5. The van der Waals surface area contributed by atoms with Gasteiger partial charge in [-0.25, -0.2) is 0 Å². The molecule has 2 heterocycles. The number of nitrogens with one attached hydrogen (secondary N) is 2. The molecule has 27 heavy (non-hydrogen) atoms. The summed E-state index contributed by atoms with van der Waals surface area (Å²) in [5.41, 5.74) is -1.20. The third-order valence-corrected chi connectivity index (χ3v) is 4.94. The Bertz CT molecular complexity index is 872. The first-order valence-electron chi connectivity index (χ1n) is 8.07. The van der Waals surface area contributed by atoms with Crippen molar-refractivity contribution in [3.8, 4) is 5.75 Å². The summed E-state index contributed by atoms with van der Waals surface area (Å²) in [6.45, 7) is -0.223. The molecular weight excluding hydrogens is 368 g/mol. The first-order valence-corrected chi connectivity index (χ1v) is 8.95. The van der Waals surface area contributed by atoms with Crippen molar-refractivity contribution in [3.63, 3.8) is 0 Å². The molecule has 1 atom stereocenters. The van der Waals surface area contributed by atoms with Crippen LogP contribution in [0.15, 0.2) is 64.6 Å². The van der Waals surface area contributed by atoms with Crippen LogP contribution in [0.1, 0.15) is 10.6 Å². The van der Waals surface area contributed by atoms with Crippen molar-refractivity contribution in [2.45, 2.75) is 5.60 Å². The van der Waals surface area contributed by atoms with E-state index < -0.39 is 17.4 Å². The van der Waals surface area contributed by atoms with Crippen LogP contribution in [0.2, 0.25) is 0 Å². The number of aliphatic hydroxyl groups is 1. The maximum atomic E-state index is 12.2. The Morgan fingerprint density at radius 3 is 2.63 bits per heavy atom. The van der Waals surface area contributed by atoms with Crippen LogP contribution in [-0.2, 0) is 15.2 Å². The first-order chi connectivity index (χ1) is 13.0. The van der Waals surface area contributed by atoms with E-state index >= 15 is 0 Å². The molecule has 0 spiro atoms. The van der Waals surface area contributed by atoms with E-state index in [-0.39, 0.29) is 12.3 Å². The number of anilines is 1. The predicted octanol–water partition coefficient (Wildman–Crippen LogP) is 2.34. The molecule has 0 aliphatic heterocycles. The topological polar surface area (TPSA) is 101 Å². The number of para-hydroxylation sites is 2. The Hall–Kier alpha value is -3.10. The molecule has 140 valence electrons. The van der Waals surface area contributed by atoms with E-state index in [0.29, 0.717) is 16.3 Å². The number of hydrogen-bond donors (Lipinski definition) is 3. The van der Waals surface area contributed by atoms with Crippen LogP contribution >= 0.6 is 11.3 Å². The third kappa shape index (κ3) is 4.02. The maximum Gasteiger partial charge on any atom is 0.313 e. The smallest absolute Gasteiger partial charge is 0.313 e. The van der Waals surface area contributed by atoms with Gasteiger partial charge in [0.1, 0.15) is 11.5 Å². The molecule has 1 aromatic carbocycles. The number of methoxy groups -OCH3 is 1. The number of benzene rings is 1. The van der Waals surface area contributed by atoms with Crippen LogP contribution in [0.25, 0.3) is 0 Å². The lowest BCUT2D eigenvalue weighted by Crippen LogP contribution is -2.44. The molecule has 0 aliphatic rings. The lowest BCUT2D eigenvalue weighted by molar-refractivity contribution is -0.136. The van der Waals surface area contributed by atoms with Crippen LogP contribution < -0.4 is 15.4 Å². The minimum atomic E-state index is -1.57. The number of thiophene rings is 1. The van der Waals surface area contributed by atoms with Crippen molar-refractivity contribution in [2.75, 3.05) is 19.0 Å². The van der Waals surface area contributed by atoms with Gasteiger partial charge in [-0.3, -0.25) is 9.59 Å². The van der Waals surface area contributed by atoms with Crippen molar-refractivity contribution < 1.29 is 23.8 Å². The SMILES string of the molecule is COc1ccccc1NC(=O)C(=O)NC[C@@](O)(c1ccco1)c1cccs1. The molecule has 8 heteroatoms. The van der Waals surface area contributed by atoms with Gasteiger partial charge in [-0.1, -0.05) is 18.2 Å². The molecule has 3 N–H and O–H groups in total. The molecule has 2 aromatic heterocycles. The highest BCUT2D eigenvalue weighted by atomic mass is 32.1. The van der Waals surface area contributed by atoms with Crippen molar-refractivity contribution in [3.05, 3.63) is 70.8 Å². The second-order valence-electron chi connectivity index (χ2n) is 5.65. The highest BCUT2D eigenvalue weighted by molar-refractivity contribution is 7.10. The third-order valence-electron chi connectivity index (χ3n) is 3.92. The van der Waals surface area contributed by atoms with Gasteiger partial charge in [-0.05, 0) is 35.7 Å². The van der Waals surface area contributed by atoms with E-state index in [1.165, 1.54) is 24.7 Å². The number of carbonyl (C=O) groups excluding carboxylic acids is 2. The van der Waals surface area contributed by atoms with Gasteiger partial charge in [0.15, 0.2) is 5.60 Å². The maximum absolute atomic E-state index is 12.2. The fraction of sp³-hybridized carbons (Fsp3) is 0.158. The number of furan rings is 1. The Morgan fingerprint density at radius 2 is 1.96 bits per heavy atom.